The monoisotopic (exact) mass is 364 g/mol. The first-order valence-electron chi connectivity index (χ1n) is 9.21. The van der Waals surface area contributed by atoms with Gasteiger partial charge in [0.15, 0.2) is 5.41 Å². The van der Waals surface area contributed by atoms with Crippen LogP contribution in [0.3, 0.4) is 0 Å². The van der Waals surface area contributed by atoms with E-state index in [1.165, 1.54) is 14.1 Å². The van der Waals surface area contributed by atoms with E-state index in [9.17, 15) is 14.4 Å². The Morgan fingerprint density at radius 1 is 1.07 bits per heavy atom. The van der Waals surface area contributed by atoms with Crippen LogP contribution >= 0.6 is 0 Å². The summed E-state index contributed by atoms with van der Waals surface area (Å²) in [6.45, 7) is 0.757. The van der Waals surface area contributed by atoms with Crippen LogP contribution in [0.25, 0.3) is 10.9 Å². The van der Waals surface area contributed by atoms with Gasteiger partial charge in [0.2, 0.25) is 11.8 Å². The summed E-state index contributed by atoms with van der Waals surface area (Å²) in [5, 5.41) is 0.984. The molecule has 0 saturated carbocycles. The van der Waals surface area contributed by atoms with Crippen molar-refractivity contribution in [3.8, 4) is 0 Å². The molecule has 2 fully saturated rings. The lowest BCUT2D eigenvalue weighted by molar-refractivity contribution is -0.159. The number of benzene rings is 1. The molecule has 7 nitrogen and oxygen atoms in total. The van der Waals surface area contributed by atoms with Crippen molar-refractivity contribution in [1.82, 2.24) is 14.8 Å². The second-order valence-corrected chi connectivity index (χ2v) is 7.67. The smallest absolute Gasteiger partial charge is 0.332 e. The lowest BCUT2D eigenvalue weighted by Gasteiger charge is -2.50. The average Bonchev–Trinajstić information content (AvgIpc) is 3.18. The zero-order valence-electron chi connectivity index (χ0n) is 15.3. The minimum Gasteiger partial charge on any atom is -0.352 e. The van der Waals surface area contributed by atoms with Crippen molar-refractivity contribution in [2.24, 2.45) is 5.41 Å². The number of imide groups is 2. The van der Waals surface area contributed by atoms with E-state index in [-0.39, 0.29) is 12.5 Å². The Kier molecular flexibility index (Phi) is 3.17. The minimum atomic E-state index is -1.26. The summed E-state index contributed by atoms with van der Waals surface area (Å²) in [6, 6.07) is 9.06. The molecule has 0 aliphatic carbocycles. The fraction of sp³-hybridized carbons (Fsp3) is 0.400. The van der Waals surface area contributed by atoms with E-state index >= 15 is 0 Å². The first-order chi connectivity index (χ1) is 12.9. The van der Waals surface area contributed by atoms with Crippen LogP contribution in [0.2, 0.25) is 0 Å². The molecule has 1 unspecified atom stereocenters. The number of urea groups is 1. The van der Waals surface area contributed by atoms with Gasteiger partial charge in [0.05, 0.1) is 11.6 Å². The number of hydrogen-bond donors (Lipinski definition) is 0. The van der Waals surface area contributed by atoms with E-state index in [4.69, 9.17) is 4.98 Å². The van der Waals surface area contributed by atoms with Gasteiger partial charge in [-0.25, -0.2) is 9.78 Å². The fourth-order valence-corrected chi connectivity index (χ4v) is 5.00. The van der Waals surface area contributed by atoms with Gasteiger partial charge in [-0.2, -0.15) is 0 Å². The van der Waals surface area contributed by atoms with Crippen LogP contribution in [0.4, 0.5) is 10.6 Å². The van der Waals surface area contributed by atoms with Gasteiger partial charge in [-0.1, -0.05) is 18.2 Å². The van der Waals surface area contributed by atoms with Gasteiger partial charge in [-0.05, 0) is 30.5 Å². The van der Waals surface area contributed by atoms with Crippen molar-refractivity contribution in [2.75, 3.05) is 25.5 Å². The minimum absolute atomic E-state index is 0.267. The lowest BCUT2D eigenvalue weighted by Crippen LogP contribution is -2.70. The number of barbiturate groups is 1. The van der Waals surface area contributed by atoms with Crippen LogP contribution in [0.1, 0.15) is 18.4 Å². The zero-order valence-corrected chi connectivity index (χ0v) is 15.3. The van der Waals surface area contributed by atoms with E-state index < -0.39 is 23.3 Å². The summed E-state index contributed by atoms with van der Waals surface area (Å²) in [4.78, 5) is 48.0. The van der Waals surface area contributed by atoms with Crippen molar-refractivity contribution < 1.29 is 14.4 Å². The third-order valence-corrected chi connectivity index (χ3v) is 6.29. The molecule has 0 bridgehead atoms. The maximum Gasteiger partial charge on any atom is 0.332 e. The van der Waals surface area contributed by atoms with Crippen LogP contribution < -0.4 is 4.90 Å². The standard InChI is InChI=1S/C20H20N4O3/c1-22-17(25)20(18(26)23(2)19(22)27)11-13-10-12-6-3-4-7-14(12)21-16(13)24-9-5-8-15(20)24/h3-4,6-7,10,15H,5,8-9,11H2,1-2H3. The number of carbonyl (C=O) groups is 3. The molecule has 138 valence electrons. The highest BCUT2D eigenvalue weighted by molar-refractivity contribution is 6.20. The molecule has 7 heteroatoms. The summed E-state index contributed by atoms with van der Waals surface area (Å²) >= 11 is 0. The Morgan fingerprint density at radius 2 is 1.78 bits per heavy atom. The molecular weight excluding hydrogens is 344 g/mol. The lowest BCUT2D eigenvalue weighted by atomic mass is 9.68. The Bertz CT molecular complexity index is 993. The van der Waals surface area contributed by atoms with Crippen molar-refractivity contribution in [3.05, 3.63) is 35.9 Å². The molecule has 0 N–H and O–H groups in total. The first-order valence-corrected chi connectivity index (χ1v) is 9.21. The topological polar surface area (TPSA) is 73.8 Å². The Hall–Kier alpha value is -2.96. The second kappa shape index (κ2) is 5.28. The number of aromatic nitrogens is 1. The maximum absolute atomic E-state index is 13.3. The van der Waals surface area contributed by atoms with Crippen LogP contribution in [-0.4, -0.2) is 59.3 Å². The van der Waals surface area contributed by atoms with Gasteiger partial charge < -0.3 is 4.90 Å². The van der Waals surface area contributed by atoms with Crippen molar-refractivity contribution in [1.29, 1.82) is 0 Å². The summed E-state index contributed by atoms with van der Waals surface area (Å²) in [6.07, 6.45) is 1.91. The first kappa shape index (κ1) is 16.2. The van der Waals surface area contributed by atoms with Gasteiger partial charge in [0, 0.05) is 32.4 Å². The highest BCUT2D eigenvalue weighted by atomic mass is 16.2. The summed E-state index contributed by atoms with van der Waals surface area (Å²) in [5.41, 5.74) is 0.540. The SMILES string of the molecule is CN1C(=O)N(C)C(=O)C2(Cc3cc4ccccc4nc3N3CCCC32)C1=O. The molecule has 2 aromatic rings. The molecule has 1 spiro atoms. The predicted molar refractivity (Wildman–Crippen MR) is 99.2 cm³/mol. The van der Waals surface area contributed by atoms with E-state index in [0.29, 0.717) is 0 Å². The van der Waals surface area contributed by atoms with Crippen LogP contribution in [0, 0.1) is 5.41 Å². The quantitative estimate of drug-likeness (QED) is 0.667. The van der Waals surface area contributed by atoms with Crippen LogP contribution in [-0.2, 0) is 16.0 Å². The number of hydrogen-bond acceptors (Lipinski definition) is 5. The van der Waals surface area contributed by atoms with Gasteiger partial charge in [-0.3, -0.25) is 19.4 Å². The fourth-order valence-electron chi connectivity index (χ4n) is 5.00. The molecule has 1 aromatic carbocycles. The van der Waals surface area contributed by atoms with E-state index in [0.717, 1.165) is 51.5 Å². The summed E-state index contributed by atoms with van der Waals surface area (Å²) < 4.78 is 0. The van der Waals surface area contributed by atoms with Gasteiger partial charge in [-0.15, -0.1) is 0 Å². The van der Waals surface area contributed by atoms with E-state index in [2.05, 4.69) is 4.90 Å². The molecule has 1 atom stereocenters. The summed E-state index contributed by atoms with van der Waals surface area (Å²) in [5.74, 6) is 0.0715. The Balaban J connectivity index is 1.74. The van der Waals surface area contributed by atoms with Crippen LogP contribution in [0.15, 0.2) is 30.3 Å². The predicted octanol–water partition coefficient (Wildman–Crippen LogP) is 1.80. The molecule has 5 rings (SSSR count). The number of rotatable bonds is 0. The van der Waals surface area contributed by atoms with Crippen molar-refractivity contribution >= 4 is 34.6 Å². The number of fused-ring (bicyclic) bond motifs is 5. The van der Waals surface area contributed by atoms with Crippen molar-refractivity contribution in [3.63, 3.8) is 0 Å². The molecule has 27 heavy (non-hydrogen) atoms. The molecule has 4 amide bonds. The largest absolute Gasteiger partial charge is 0.352 e. The van der Waals surface area contributed by atoms with Crippen molar-refractivity contribution in [2.45, 2.75) is 25.3 Å². The van der Waals surface area contributed by atoms with Gasteiger partial charge in [0.25, 0.3) is 0 Å². The third-order valence-electron chi connectivity index (χ3n) is 6.29. The molecule has 2 saturated heterocycles. The second-order valence-electron chi connectivity index (χ2n) is 7.67. The number of anilines is 1. The zero-order chi connectivity index (χ0) is 18.9. The molecule has 3 aliphatic heterocycles. The Labute approximate surface area is 156 Å². The summed E-state index contributed by atoms with van der Waals surface area (Å²) in [7, 11) is 2.92. The maximum atomic E-state index is 13.3. The van der Waals surface area contributed by atoms with E-state index in [1.54, 1.807) is 0 Å². The number of nitrogens with zero attached hydrogens (tertiary/aromatic N) is 4. The molecule has 0 radical (unpaired) electrons. The number of carbonyl (C=O) groups excluding carboxylic acids is 3. The number of pyridine rings is 1. The highest BCUT2D eigenvalue weighted by Gasteiger charge is 2.64. The molecule has 4 heterocycles. The highest BCUT2D eigenvalue weighted by Crippen LogP contribution is 2.49. The Morgan fingerprint density at radius 3 is 2.52 bits per heavy atom. The van der Waals surface area contributed by atoms with Crippen LogP contribution in [0.5, 0.6) is 0 Å². The number of amides is 4. The molecular formula is C20H20N4O3. The average molecular weight is 364 g/mol. The normalized spacial score (nSPS) is 24.0. The van der Waals surface area contributed by atoms with Gasteiger partial charge in [0.1, 0.15) is 5.82 Å². The van der Waals surface area contributed by atoms with E-state index in [1.807, 2.05) is 30.3 Å². The molecule has 1 aromatic heterocycles. The molecule has 3 aliphatic rings. The third kappa shape index (κ3) is 1.91. The van der Waals surface area contributed by atoms with Gasteiger partial charge >= 0.3 is 6.03 Å². The number of para-hydroxylation sites is 1.